The number of hydrogen-bond donors (Lipinski definition) is 0. The van der Waals surface area contributed by atoms with Crippen LogP contribution >= 0.6 is 11.3 Å². The third-order valence-electron chi connectivity index (χ3n) is 3.43. The molecule has 1 aromatic rings. The van der Waals surface area contributed by atoms with Gasteiger partial charge in [0.25, 0.3) is 0 Å². The normalized spacial score (nSPS) is 21.9. The van der Waals surface area contributed by atoms with Crippen LogP contribution in [0.2, 0.25) is 0 Å². The minimum absolute atomic E-state index is 0.585. The number of carbonyl (C=O) groups excluding carboxylic acids is 1. The molecule has 0 aromatic carbocycles. The van der Waals surface area contributed by atoms with E-state index < -0.39 is 0 Å². The van der Waals surface area contributed by atoms with Gasteiger partial charge in [-0.2, -0.15) is 0 Å². The summed E-state index contributed by atoms with van der Waals surface area (Å²) in [6.45, 7) is 6.92. The molecule has 17 heavy (non-hydrogen) atoms. The zero-order valence-corrected chi connectivity index (χ0v) is 11.4. The summed E-state index contributed by atoms with van der Waals surface area (Å²) in [7, 11) is 0. The summed E-state index contributed by atoms with van der Waals surface area (Å²) in [5, 5.41) is 2.97. The van der Waals surface area contributed by atoms with Gasteiger partial charge in [-0.05, 0) is 39.2 Å². The van der Waals surface area contributed by atoms with Crippen LogP contribution in [0.1, 0.15) is 42.2 Å². The summed E-state index contributed by atoms with van der Waals surface area (Å²) >= 11 is 1.62. The lowest BCUT2D eigenvalue weighted by molar-refractivity contribution is 0.111. The maximum atomic E-state index is 10.6. The summed E-state index contributed by atoms with van der Waals surface area (Å²) in [6, 6.07) is 0.639. The van der Waals surface area contributed by atoms with E-state index in [0.29, 0.717) is 17.7 Å². The van der Waals surface area contributed by atoms with E-state index in [-0.39, 0.29) is 0 Å². The van der Waals surface area contributed by atoms with Crippen LogP contribution in [0.5, 0.6) is 0 Å². The Kier molecular flexibility index (Phi) is 4.29. The molecule has 0 saturated carbocycles. The molecule has 1 unspecified atom stereocenters. The number of carbonyl (C=O) groups is 1. The van der Waals surface area contributed by atoms with Gasteiger partial charge in [0.15, 0.2) is 6.29 Å². The second kappa shape index (κ2) is 5.74. The minimum Gasteiger partial charge on any atom is -0.301 e. The molecule has 4 heteroatoms. The van der Waals surface area contributed by atoms with Gasteiger partial charge in [-0.1, -0.05) is 0 Å². The van der Waals surface area contributed by atoms with Crippen LogP contribution in [-0.4, -0.2) is 35.3 Å². The van der Waals surface area contributed by atoms with E-state index >= 15 is 0 Å². The Morgan fingerprint density at radius 1 is 1.65 bits per heavy atom. The quantitative estimate of drug-likeness (QED) is 0.772. The summed E-state index contributed by atoms with van der Waals surface area (Å²) in [5.74, 6) is 0.705. The first-order chi connectivity index (χ1) is 8.19. The number of rotatable bonds is 4. The van der Waals surface area contributed by atoms with Gasteiger partial charge >= 0.3 is 0 Å². The fourth-order valence-electron chi connectivity index (χ4n) is 2.45. The summed E-state index contributed by atoms with van der Waals surface area (Å²) in [5.41, 5.74) is 0.585. The molecular weight excluding hydrogens is 232 g/mol. The number of piperidine rings is 1. The maximum absolute atomic E-state index is 10.6. The van der Waals surface area contributed by atoms with E-state index in [1.807, 2.05) is 5.38 Å². The number of thiazole rings is 1. The van der Waals surface area contributed by atoms with Gasteiger partial charge in [0.2, 0.25) is 0 Å². The molecule has 1 saturated heterocycles. The van der Waals surface area contributed by atoms with Crippen molar-refractivity contribution < 1.29 is 4.79 Å². The summed E-state index contributed by atoms with van der Waals surface area (Å²) in [6.07, 6.45) is 4.44. The van der Waals surface area contributed by atoms with Crippen LogP contribution in [0.4, 0.5) is 0 Å². The number of aromatic nitrogens is 1. The van der Waals surface area contributed by atoms with Crippen molar-refractivity contribution in [1.29, 1.82) is 0 Å². The van der Waals surface area contributed by atoms with E-state index in [2.05, 4.69) is 23.7 Å². The zero-order valence-electron chi connectivity index (χ0n) is 10.6. The highest BCUT2D eigenvalue weighted by molar-refractivity contribution is 7.09. The highest BCUT2D eigenvalue weighted by Crippen LogP contribution is 2.23. The Hall–Kier alpha value is -0.740. The van der Waals surface area contributed by atoms with Crippen molar-refractivity contribution in [2.45, 2.75) is 39.2 Å². The van der Waals surface area contributed by atoms with Gasteiger partial charge in [-0.3, -0.25) is 4.79 Å². The Morgan fingerprint density at radius 2 is 2.47 bits per heavy atom. The Labute approximate surface area is 107 Å². The smallest absolute Gasteiger partial charge is 0.169 e. The largest absolute Gasteiger partial charge is 0.301 e. The first-order valence-corrected chi connectivity index (χ1v) is 7.20. The van der Waals surface area contributed by atoms with Crippen molar-refractivity contribution in [3.63, 3.8) is 0 Å². The van der Waals surface area contributed by atoms with Gasteiger partial charge in [-0.25, -0.2) is 4.98 Å². The molecule has 1 fully saturated rings. The molecule has 0 radical (unpaired) electrons. The van der Waals surface area contributed by atoms with Gasteiger partial charge in [0.05, 0.1) is 5.01 Å². The second-order valence-corrected chi connectivity index (χ2v) is 6.03. The van der Waals surface area contributed by atoms with Crippen molar-refractivity contribution in [2.24, 2.45) is 5.92 Å². The zero-order chi connectivity index (χ0) is 12.3. The average Bonchev–Trinajstić information content (AvgIpc) is 2.77. The van der Waals surface area contributed by atoms with Crippen LogP contribution in [-0.2, 0) is 6.42 Å². The van der Waals surface area contributed by atoms with E-state index in [9.17, 15) is 4.79 Å². The van der Waals surface area contributed by atoms with E-state index in [4.69, 9.17) is 0 Å². The van der Waals surface area contributed by atoms with E-state index in [1.165, 1.54) is 25.9 Å². The summed E-state index contributed by atoms with van der Waals surface area (Å²) in [4.78, 5) is 17.5. The topological polar surface area (TPSA) is 33.2 Å². The van der Waals surface area contributed by atoms with Crippen molar-refractivity contribution in [2.75, 3.05) is 13.1 Å². The summed E-state index contributed by atoms with van der Waals surface area (Å²) < 4.78 is 0. The fraction of sp³-hybridized carbons (Fsp3) is 0.692. The number of aldehydes is 1. The molecule has 1 atom stereocenters. The average molecular weight is 252 g/mol. The van der Waals surface area contributed by atoms with Gasteiger partial charge in [0, 0.05) is 24.4 Å². The van der Waals surface area contributed by atoms with Crippen LogP contribution in [0, 0.1) is 5.92 Å². The highest BCUT2D eigenvalue weighted by Gasteiger charge is 2.22. The standard InChI is InChI=1S/C13H20N2OS/c1-10(2)15-5-3-4-11(7-15)6-13-14-12(8-16)9-17-13/h8-11H,3-7H2,1-2H3. The van der Waals surface area contributed by atoms with Crippen molar-refractivity contribution in [3.8, 4) is 0 Å². The number of hydrogen-bond acceptors (Lipinski definition) is 4. The Morgan fingerprint density at radius 3 is 3.12 bits per heavy atom. The third-order valence-corrected chi connectivity index (χ3v) is 4.32. The highest BCUT2D eigenvalue weighted by atomic mass is 32.1. The van der Waals surface area contributed by atoms with Crippen LogP contribution in [0.3, 0.4) is 0 Å². The fourth-order valence-corrected chi connectivity index (χ4v) is 3.31. The monoisotopic (exact) mass is 252 g/mol. The van der Waals surface area contributed by atoms with E-state index in [0.717, 1.165) is 17.7 Å². The molecule has 94 valence electrons. The van der Waals surface area contributed by atoms with Crippen molar-refractivity contribution >= 4 is 17.6 Å². The predicted octanol–water partition coefficient (Wildman–Crippen LogP) is 2.62. The molecule has 1 aliphatic rings. The molecule has 1 aliphatic heterocycles. The van der Waals surface area contributed by atoms with Crippen molar-refractivity contribution in [1.82, 2.24) is 9.88 Å². The molecule has 3 nitrogen and oxygen atoms in total. The second-order valence-electron chi connectivity index (χ2n) is 5.09. The third kappa shape index (κ3) is 3.36. The maximum Gasteiger partial charge on any atom is 0.169 e. The predicted molar refractivity (Wildman–Crippen MR) is 70.6 cm³/mol. The molecule has 0 aliphatic carbocycles. The van der Waals surface area contributed by atoms with Gasteiger partial charge in [-0.15, -0.1) is 11.3 Å². The van der Waals surface area contributed by atoms with E-state index in [1.54, 1.807) is 11.3 Å². The first kappa shape index (κ1) is 12.7. The van der Waals surface area contributed by atoms with Crippen LogP contribution in [0.15, 0.2) is 5.38 Å². The molecular formula is C13H20N2OS. The first-order valence-electron chi connectivity index (χ1n) is 6.32. The molecule has 1 aromatic heterocycles. The Balaban J connectivity index is 1.92. The van der Waals surface area contributed by atoms with Crippen LogP contribution in [0.25, 0.3) is 0 Å². The minimum atomic E-state index is 0.585. The molecule has 2 rings (SSSR count). The molecule has 0 spiro atoms. The van der Waals surface area contributed by atoms with Crippen LogP contribution < -0.4 is 0 Å². The van der Waals surface area contributed by atoms with Gasteiger partial charge in [0.1, 0.15) is 5.69 Å². The SMILES string of the molecule is CC(C)N1CCCC(Cc2nc(C=O)cs2)C1. The van der Waals surface area contributed by atoms with Gasteiger partial charge < -0.3 is 4.90 Å². The molecule has 0 bridgehead atoms. The lowest BCUT2D eigenvalue weighted by Gasteiger charge is -2.35. The molecule has 0 amide bonds. The lowest BCUT2D eigenvalue weighted by atomic mass is 9.94. The van der Waals surface area contributed by atoms with Crippen molar-refractivity contribution in [3.05, 3.63) is 16.1 Å². The molecule has 2 heterocycles. The number of nitrogens with zero attached hydrogens (tertiary/aromatic N) is 2. The molecule has 0 N–H and O–H groups in total. The number of likely N-dealkylation sites (tertiary alicyclic amines) is 1. The Bertz CT molecular complexity index is 375. The lowest BCUT2D eigenvalue weighted by Crippen LogP contribution is -2.40.